The summed E-state index contributed by atoms with van der Waals surface area (Å²) < 4.78 is 5.40. The Labute approximate surface area is 135 Å². The highest BCUT2D eigenvalue weighted by Crippen LogP contribution is 2.26. The number of benzene rings is 1. The molecule has 0 unspecified atom stereocenters. The Hall–Kier alpha value is -2.56. The number of aromatic hydroxyl groups is 1. The summed E-state index contributed by atoms with van der Waals surface area (Å²) in [4.78, 5) is 24.4. The monoisotopic (exact) mass is 315 g/mol. The van der Waals surface area contributed by atoms with Crippen molar-refractivity contribution in [2.24, 2.45) is 0 Å². The number of nitrogen functional groups attached to an aromatic ring is 1. The number of phenols is 1. The van der Waals surface area contributed by atoms with Crippen molar-refractivity contribution in [2.45, 2.75) is 38.7 Å². The van der Waals surface area contributed by atoms with Crippen LogP contribution in [0.3, 0.4) is 0 Å². The molecule has 5 nitrogen and oxygen atoms in total. The number of cyclic esters (lactones) is 1. The third-order valence-electron chi connectivity index (χ3n) is 3.55. The quantitative estimate of drug-likeness (QED) is 0.436. The molecule has 1 atom stereocenters. The number of nitrogens with two attached hydrogens (primary N) is 1. The summed E-state index contributed by atoms with van der Waals surface area (Å²) in [5.74, 6) is -0.812. The van der Waals surface area contributed by atoms with Gasteiger partial charge in [0.1, 0.15) is 11.9 Å². The normalized spacial score (nSPS) is 22.6. The Bertz CT molecular complexity index is 661. The van der Waals surface area contributed by atoms with Crippen LogP contribution in [0, 0.1) is 0 Å². The molecule has 3 N–H and O–H groups in total. The summed E-state index contributed by atoms with van der Waals surface area (Å²) >= 11 is 0. The van der Waals surface area contributed by atoms with Gasteiger partial charge >= 0.3 is 5.97 Å². The van der Waals surface area contributed by atoms with Gasteiger partial charge in [0.05, 0.1) is 11.3 Å². The molecule has 1 aliphatic heterocycles. The smallest absolute Gasteiger partial charge is 0.340 e. The minimum Gasteiger partial charge on any atom is -0.508 e. The molecule has 122 valence electrons. The zero-order valence-electron chi connectivity index (χ0n) is 13.1. The highest BCUT2D eigenvalue weighted by atomic mass is 16.5. The maximum absolute atomic E-state index is 12.4. The number of hydrogen-bond donors (Lipinski definition) is 2. The number of phenolic OH excluding ortho intramolecular Hbond substituents is 1. The van der Waals surface area contributed by atoms with Crippen LogP contribution in [0.25, 0.3) is 0 Å². The number of carbonyl (C=O) groups is 2. The van der Waals surface area contributed by atoms with Crippen molar-refractivity contribution in [3.8, 4) is 5.75 Å². The van der Waals surface area contributed by atoms with E-state index in [9.17, 15) is 14.7 Å². The van der Waals surface area contributed by atoms with Crippen molar-refractivity contribution >= 4 is 17.4 Å². The van der Waals surface area contributed by atoms with Gasteiger partial charge in [-0.2, -0.15) is 0 Å². The van der Waals surface area contributed by atoms with Crippen LogP contribution in [0.5, 0.6) is 5.75 Å². The molecule has 0 saturated carbocycles. The van der Waals surface area contributed by atoms with Crippen LogP contribution in [-0.2, 0) is 16.0 Å². The molecule has 1 heterocycles. The van der Waals surface area contributed by atoms with E-state index in [0.29, 0.717) is 12.0 Å². The van der Waals surface area contributed by atoms with Crippen LogP contribution in [0.15, 0.2) is 36.4 Å². The molecule has 5 heteroatoms. The molecule has 1 aliphatic rings. The summed E-state index contributed by atoms with van der Waals surface area (Å²) in [6.45, 7) is 1.80. The van der Waals surface area contributed by atoms with Crippen LogP contribution in [-0.4, -0.2) is 23.0 Å². The van der Waals surface area contributed by atoms with Crippen molar-refractivity contribution < 1.29 is 19.4 Å². The number of ketones is 1. The molecule has 0 aliphatic carbocycles. The lowest BCUT2D eigenvalue weighted by atomic mass is 9.99. The van der Waals surface area contributed by atoms with E-state index in [1.165, 1.54) is 18.2 Å². The molecule has 0 amide bonds. The highest BCUT2D eigenvalue weighted by Gasteiger charge is 2.21. The second-order valence-electron chi connectivity index (χ2n) is 5.61. The molecule has 0 bridgehead atoms. The Morgan fingerprint density at radius 1 is 1.17 bits per heavy atom. The minimum absolute atomic E-state index is 0.0102. The fourth-order valence-corrected chi connectivity index (χ4v) is 2.45. The van der Waals surface area contributed by atoms with Gasteiger partial charge in [-0.1, -0.05) is 18.2 Å². The highest BCUT2D eigenvalue weighted by molar-refractivity contribution is 6.00. The fourth-order valence-electron chi connectivity index (χ4n) is 2.45. The number of hydrogen-bond acceptors (Lipinski definition) is 5. The SMILES string of the molecule is C[C@H]1C/C=C/CC/C=C/C(=O)Cc2cc(O)cc(N)c2C(=O)O1. The second kappa shape index (κ2) is 7.63. The van der Waals surface area contributed by atoms with Crippen molar-refractivity contribution in [3.63, 3.8) is 0 Å². The zero-order chi connectivity index (χ0) is 16.8. The van der Waals surface area contributed by atoms with Crippen LogP contribution < -0.4 is 5.73 Å². The predicted octanol–water partition coefficient (Wildman–Crippen LogP) is 2.93. The van der Waals surface area contributed by atoms with Crippen LogP contribution in [0.1, 0.15) is 42.1 Å². The van der Waals surface area contributed by atoms with E-state index in [1.54, 1.807) is 6.92 Å². The van der Waals surface area contributed by atoms with Gasteiger partial charge in [-0.15, -0.1) is 0 Å². The average Bonchev–Trinajstić information content (AvgIpc) is 2.44. The lowest BCUT2D eigenvalue weighted by molar-refractivity contribution is -0.114. The Morgan fingerprint density at radius 3 is 2.70 bits per heavy atom. The molecular weight excluding hydrogens is 294 g/mol. The molecule has 0 saturated heterocycles. The van der Waals surface area contributed by atoms with Crippen molar-refractivity contribution in [3.05, 3.63) is 47.6 Å². The summed E-state index contributed by atoms with van der Waals surface area (Å²) in [6, 6.07) is 2.67. The van der Waals surface area contributed by atoms with Gasteiger partial charge < -0.3 is 15.6 Å². The van der Waals surface area contributed by atoms with Gasteiger partial charge in [0, 0.05) is 18.9 Å². The number of esters is 1. The lowest BCUT2D eigenvalue weighted by Gasteiger charge is -2.15. The summed E-state index contributed by atoms with van der Waals surface area (Å²) in [6.07, 6.45) is 9.18. The van der Waals surface area contributed by atoms with Crippen LogP contribution in [0.4, 0.5) is 5.69 Å². The van der Waals surface area contributed by atoms with E-state index in [0.717, 1.165) is 12.8 Å². The van der Waals surface area contributed by atoms with Crippen molar-refractivity contribution in [2.75, 3.05) is 5.73 Å². The Balaban J connectivity index is 2.40. The number of carbonyl (C=O) groups excluding carboxylic acids is 2. The molecule has 0 spiro atoms. The predicted molar refractivity (Wildman–Crippen MR) is 88.2 cm³/mol. The summed E-state index contributed by atoms with van der Waals surface area (Å²) in [5.41, 5.74) is 6.49. The first-order valence-electron chi connectivity index (χ1n) is 7.64. The molecular formula is C18H21NO4. The zero-order valence-corrected chi connectivity index (χ0v) is 13.1. The molecule has 0 radical (unpaired) electrons. The molecule has 0 aromatic heterocycles. The topological polar surface area (TPSA) is 89.6 Å². The maximum Gasteiger partial charge on any atom is 0.340 e. The molecule has 0 fully saturated rings. The Morgan fingerprint density at radius 2 is 1.91 bits per heavy atom. The van der Waals surface area contributed by atoms with E-state index < -0.39 is 5.97 Å². The van der Waals surface area contributed by atoms with Gasteiger partial charge in [0.15, 0.2) is 5.78 Å². The average molecular weight is 315 g/mol. The number of allylic oxidation sites excluding steroid dienone is 3. The third kappa shape index (κ3) is 4.71. The number of anilines is 1. The second-order valence-corrected chi connectivity index (χ2v) is 5.61. The van der Waals surface area contributed by atoms with Gasteiger partial charge in [-0.25, -0.2) is 4.79 Å². The van der Waals surface area contributed by atoms with Crippen LogP contribution in [0.2, 0.25) is 0 Å². The van der Waals surface area contributed by atoms with Gasteiger partial charge in [0.25, 0.3) is 0 Å². The largest absolute Gasteiger partial charge is 0.508 e. The first kappa shape index (κ1) is 16.8. The Kier molecular flexibility index (Phi) is 5.57. The molecule has 1 aromatic rings. The summed E-state index contributed by atoms with van der Waals surface area (Å²) in [5, 5.41) is 9.69. The molecule has 2 rings (SSSR count). The standard InChI is InChI=1S/C18H21NO4/c1-12-7-5-3-2-4-6-8-14(20)9-13-10-15(21)11-16(19)17(13)18(22)23-12/h3,5-6,8,10-12,21H,2,4,7,9,19H2,1H3/b5-3+,8-6+/t12-/m0/s1. The third-order valence-corrected chi connectivity index (χ3v) is 3.55. The minimum atomic E-state index is -0.577. The fraction of sp³-hybridized carbons (Fsp3) is 0.333. The first-order valence-corrected chi connectivity index (χ1v) is 7.64. The van der Waals surface area contributed by atoms with Crippen molar-refractivity contribution in [1.29, 1.82) is 0 Å². The molecule has 23 heavy (non-hydrogen) atoms. The van der Waals surface area contributed by atoms with Crippen molar-refractivity contribution in [1.82, 2.24) is 0 Å². The molecule has 1 aromatic carbocycles. The van der Waals surface area contributed by atoms with Gasteiger partial charge in [-0.3, -0.25) is 4.79 Å². The van der Waals surface area contributed by atoms with E-state index >= 15 is 0 Å². The van der Waals surface area contributed by atoms with Gasteiger partial charge in [0.2, 0.25) is 0 Å². The lowest BCUT2D eigenvalue weighted by Crippen LogP contribution is -2.18. The van der Waals surface area contributed by atoms with E-state index in [-0.39, 0.29) is 35.3 Å². The number of fused-ring (bicyclic) bond motifs is 1. The first-order chi connectivity index (χ1) is 11.0. The number of rotatable bonds is 0. The number of ether oxygens (including phenoxy) is 1. The van der Waals surface area contributed by atoms with E-state index in [1.807, 2.05) is 18.2 Å². The summed E-state index contributed by atoms with van der Waals surface area (Å²) in [7, 11) is 0. The van der Waals surface area contributed by atoms with Gasteiger partial charge in [-0.05, 0) is 37.5 Å². The van der Waals surface area contributed by atoms with E-state index in [2.05, 4.69) is 0 Å². The van der Waals surface area contributed by atoms with E-state index in [4.69, 9.17) is 10.5 Å². The maximum atomic E-state index is 12.4. The van der Waals surface area contributed by atoms with Crippen LogP contribution >= 0.6 is 0 Å².